The van der Waals surface area contributed by atoms with Gasteiger partial charge in [0, 0.05) is 22.4 Å². The van der Waals surface area contributed by atoms with Gasteiger partial charge in [-0.25, -0.2) is 4.39 Å². The van der Waals surface area contributed by atoms with Crippen molar-refractivity contribution in [3.63, 3.8) is 0 Å². The second-order valence-electron chi connectivity index (χ2n) is 4.47. The van der Waals surface area contributed by atoms with Gasteiger partial charge in [-0.2, -0.15) is 0 Å². The molecule has 0 spiro atoms. The van der Waals surface area contributed by atoms with Crippen LogP contribution in [-0.2, 0) is 10.5 Å². The van der Waals surface area contributed by atoms with Crippen molar-refractivity contribution in [2.24, 2.45) is 0 Å². The Bertz CT molecular complexity index is 627. The maximum absolute atomic E-state index is 13.6. The van der Waals surface area contributed by atoms with Gasteiger partial charge in [0.05, 0.1) is 5.25 Å². The van der Waals surface area contributed by atoms with Gasteiger partial charge in [-0.05, 0) is 26.0 Å². The highest BCUT2D eigenvalue weighted by Crippen LogP contribution is 2.26. The molecule has 1 aromatic carbocycles. The lowest BCUT2D eigenvalue weighted by Crippen LogP contribution is -2.22. The second kappa shape index (κ2) is 6.95. The molecule has 2 aromatic rings. The summed E-state index contributed by atoms with van der Waals surface area (Å²) in [5.74, 6) is 0.714. The Morgan fingerprint density at radius 2 is 2.33 bits per heavy atom. The summed E-state index contributed by atoms with van der Waals surface area (Å²) < 4.78 is 18.5. The fraction of sp³-hybridized carbons (Fsp3) is 0.286. The first kappa shape index (κ1) is 15.9. The molecular weight excluding hydrogens is 315 g/mol. The molecular formula is C14H14ClFN2O2S. The highest BCUT2D eigenvalue weighted by atomic mass is 35.5. The summed E-state index contributed by atoms with van der Waals surface area (Å²) in [7, 11) is 0. The summed E-state index contributed by atoms with van der Waals surface area (Å²) in [4.78, 5) is 12.0. The molecule has 1 atom stereocenters. The zero-order valence-electron chi connectivity index (χ0n) is 11.5. The van der Waals surface area contributed by atoms with Gasteiger partial charge < -0.3 is 9.84 Å². The minimum Gasteiger partial charge on any atom is -0.360 e. The van der Waals surface area contributed by atoms with Crippen molar-refractivity contribution < 1.29 is 13.7 Å². The first-order valence-electron chi connectivity index (χ1n) is 6.26. The molecule has 0 aliphatic heterocycles. The number of nitrogens with one attached hydrogen (secondary N) is 1. The van der Waals surface area contributed by atoms with Crippen LogP contribution in [0.4, 0.5) is 10.2 Å². The predicted molar refractivity (Wildman–Crippen MR) is 82.0 cm³/mol. The highest BCUT2D eigenvalue weighted by Gasteiger charge is 2.17. The number of benzene rings is 1. The minimum atomic E-state index is -0.377. The van der Waals surface area contributed by atoms with Gasteiger partial charge >= 0.3 is 0 Å². The van der Waals surface area contributed by atoms with Crippen molar-refractivity contribution >= 4 is 35.1 Å². The van der Waals surface area contributed by atoms with Crippen molar-refractivity contribution in [2.75, 3.05) is 5.32 Å². The number of nitrogens with zero attached hydrogens (tertiary/aromatic N) is 1. The summed E-state index contributed by atoms with van der Waals surface area (Å²) >= 11 is 7.25. The third-order valence-corrected chi connectivity index (χ3v) is 4.31. The predicted octanol–water partition coefficient (Wildman–Crippen LogP) is 4.04. The van der Waals surface area contributed by atoms with Gasteiger partial charge in [0.2, 0.25) is 5.91 Å². The van der Waals surface area contributed by atoms with Gasteiger partial charge in [0.15, 0.2) is 5.82 Å². The number of carbonyl (C=O) groups excluding carboxylic acids is 1. The summed E-state index contributed by atoms with van der Waals surface area (Å²) in [5, 5.41) is 6.31. The van der Waals surface area contributed by atoms with Crippen LogP contribution in [0.5, 0.6) is 0 Å². The standard InChI is InChI=1S/C14H14ClFN2O2S/c1-8-6-13(18-20-8)17-14(19)9(2)21-7-10-11(15)4-3-5-12(10)16/h3-6,9H,7H2,1-2H3,(H,17,18,19). The Balaban J connectivity index is 1.92. The van der Waals surface area contributed by atoms with Crippen molar-refractivity contribution in [2.45, 2.75) is 24.9 Å². The summed E-state index contributed by atoms with van der Waals surface area (Å²) in [5.41, 5.74) is 0.404. The number of amides is 1. The Morgan fingerprint density at radius 3 is 2.95 bits per heavy atom. The Labute approximate surface area is 131 Å². The number of aryl methyl sites for hydroxylation is 1. The van der Waals surface area contributed by atoms with Crippen LogP contribution in [0.2, 0.25) is 5.02 Å². The zero-order valence-corrected chi connectivity index (χ0v) is 13.1. The van der Waals surface area contributed by atoms with Crippen molar-refractivity contribution in [1.82, 2.24) is 5.16 Å². The lowest BCUT2D eigenvalue weighted by atomic mass is 10.2. The topological polar surface area (TPSA) is 55.1 Å². The number of carbonyl (C=O) groups is 1. The molecule has 7 heteroatoms. The molecule has 0 bridgehead atoms. The molecule has 4 nitrogen and oxygen atoms in total. The molecule has 0 aliphatic rings. The molecule has 1 heterocycles. The first-order chi connectivity index (χ1) is 9.97. The molecule has 1 N–H and O–H groups in total. The number of thioether (sulfide) groups is 1. The molecule has 1 unspecified atom stereocenters. The first-order valence-corrected chi connectivity index (χ1v) is 7.68. The van der Waals surface area contributed by atoms with Crippen LogP contribution in [0.1, 0.15) is 18.2 Å². The van der Waals surface area contributed by atoms with Crippen LogP contribution in [0.3, 0.4) is 0 Å². The number of hydrogen-bond donors (Lipinski definition) is 1. The fourth-order valence-electron chi connectivity index (χ4n) is 1.61. The van der Waals surface area contributed by atoms with Crippen LogP contribution in [0, 0.1) is 12.7 Å². The highest BCUT2D eigenvalue weighted by molar-refractivity contribution is 7.99. The van der Waals surface area contributed by atoms with Crippen LogP contribution < -0.4 is 5.32 Å². The van der Waals surface area contributed by atoms with Crippen LogP contribution in [-0.4, -0.2) is 16.3 Å². The van der Waals surface area contributed by atoms with Gasteiger partial charge in [-0.1, -0.05) is 22.8 Å². The molecule has 0 radical (unpaired) electrons. The largest absolute Gasteiger partial charge is 0.360 e. The van der Waals surface area contributed by atoms with E-state index in [1.54, 1.807) is 32.0 Å². The zero-order chi connectivity index (χ0) is 15.4. The van der Waals surface area contributed by atoms with E-state index < -0.39 is 0 Å². The van der Waals surface area contributed by atoms with Gasteiger partial charge in [-0.15, -0.1) is 11.8 Å². The molecule has 1 aromatic heterocycles. The van der Waals surface area contributed by atoms with Crippen LogP contribution >= 0.6 is 23.4 Å². The molecule has 0 aliphatic carbocycles. The number of hydrogen-bond acceptors (Lipinski definition) is 4. The van der Waals surface area contributed by atoms with E-state index in [-0.39, 0.29) is 17.0 Å². The third-order valence-electron chi connectivity index (χ3n) is 2.79. The maximum Gasteiger partial charge on any atom is 0.238 e. The smallest absolute Gasteiger partial charge is 0.238 e. The normalized spacial score (nSPS) is 12.2. The summed E-state index contributed by atoms with van der Waals surface area (Å²) in [6, 6.07) is 6.16. The SMILES string of the molecule is Cc1cc(NC(=O)C(C)SCc2c(F)cccc2Cl)no1. The molecule has 0 fully saturated rings. The quantitative estimate of drug-likeness (QED) is 0.900. The molecule has 2 rings (SSSR count). The minimum absolute atomic E-state index is 0.222. The number of rotatable bonds is 5. The Morgan fingerprint density at radius 1 is 1.57 bits per heavy atom. The fourth-order valence-corrected chi connectivity index (χ4v) is 2.84. The van der Waals surface area contributed by atoms with Crippen LogP contribution in [0.25, 0.3) is 0 Å². The van der Waals surface area contributed by atoms with Crippen molar-refractivity contribution in [3.8, 4) is 0 Å². The monoisotopic (exact) mass is 328 g/mol. The Hall–Kier alpha value is -1.53. The molecule has 0 saturated carbocycles. The van der Waals surface area contributed by atoms with E-state index in [1.165, 1.54) is 17.8 Å². The molecule has 0 saturated heterocycles. The second-order valence-corrected chi connectivity index (χ2v) is 6.20. The lowest BCUT2D eigenvalue weighted by molar-refractivity contribution is -0.115. The third kappa shape index (κ3) is 4.22. The van der Waals surface area contributed by atoms with E-state index in [2.05, 4.69) is 10.5 Å². The number of anilines is 1. The van der Waals surface area contributed by atoms with Gasteiger partial charge in [0.1, 0.15) is 11.6 Å². The van der Waals surface area contributed by atoms with E-state index in [0.717, 1.165) is 0 Å². The van der Waals surface area contributed by atoms with Gasteiger partial charge in [-0.3, -0.25) is 4.79 Å². The Kier molecular flexibility index (Phi) is 5.25. The van der Waals surface area contributed by atoms with Crippen molar-refractivity contribution in [1.29, 1.82) is 0 Å². The average Bonchev–Trinajstić information content (AvgIpc) is 2.83. The van der Waals surface area contributed by atoms with Crippen LogP contribution in [0.15, 0.2) is 28.8 Å². The van der Waals surface area contributed by atoms with E-state index in [0.29, 0.717) is 27.9 Å². The lowest BCUT2D eigenvalue weighted by Gasteiger charge is -2.11. The van der Waals surface area contributed by atoms with Gasteiger partial charge in [0.25, 0.3) is 0 Å². The number of aromatic nitrogens is 1. The van der Waals surface area contributed by atoms with E-state index in [1.807, 2.05) is 0 Å². The maximum atomic E-state index is 13.6. The molecule has 112 valence electrons. The molecule has 21 heavy (non-hydrogen) atoms. The average molecular weight is 329 g/mol. The van der Waals surface area contributed by atoms with E-state index in [4.69, 9.17) is 16.1 Å². The van der Waals surface area contributed by atoms with E-state index >= 15 is 0 Å². The summed E-state index contributed by atoms with van der Waals surface area (Å²) in [6.45, 7) is 3.47. The van der Waals surface area contributed by atoms with Crippen molar-refractivity contribution in [3.05, 3.63) is 46.4 Å². The summed E-state index contributed by atoms with van der Waals surface area (Å²) in [6.07, 6.45) is 0. The molecule has 1 amide bonds. The van der Waals surface area contributed by atoms with E-state index in [9.17, 15) is 9.18 Å². The number of halogens is 2.